The standard InChI is InChI=1S/C18H14N6S2/c1-11-4-6-12(7-5-11)14-10-15(20-19-14)17-21-22-18-24(17)23-16(26-18)9-13-3-2-8-25-13/h2-8,10H,9H2,1H3,(H,19,20). The van der Waals surface area contributed by atoms with E-state index < -0.39 is 0 Å². The molecule has 26 heavy (non-hydrogen) atoms. The molecule has 0 saturated carbocycles. The molecule has 0 aliphatic heterocycles. The van der Waals surface area contributed by atoms with E-state index >= 15 is 0 Å². The summed E-state index contributed by atoms with van der Waals surface area (Å²) in [6, 6.07) is 14.5. The molecular formula is C18H14N6S2. The molecule has 4 aromatic heterocycles. The number of fused-ring (bicyclic) bond motifs is 1. The third-order valence-electron chi connectivity index (χ3n) is 4.10. The first kappa shape index (κ1) is 15.4. The number of nitrogens with zero attached hydrogens (tertiary/aromatic N) is 5. The van der Waals surface area contributed by atoms with Gasteiger partial charge in [-0.15, -0.1) is 21.5 Å². The molecule has 128 valence electrons. The fraction of sp³-hybridized carbons (Fsp3) is 0.111. The Labute approximate surface area is 157 Å². The molecule has 0 saturated heterocycles. The van der Waals surface area contributed by atoms with E-state index in [1.54, 1.807) is 27.2 Å². The van der Waals surface area contributed by atoms with Crippen molar-refractivity contribution in [1.29, 1.82) is 0 Å². The predicted octanol–water partition coefficient (Wildman–Crippen LogP) is 4.20. The highest BCUT2D eigenvalue weighted by atomic mass is 32.1. The summed E-state index contributed by atoms with van der Waals surface area (Å²) < 4.78 is 1.79. The summed E-state index contributed by atoms with van der Waals surface area (Å²) in [6.45, 7) is 2.07. The minimum absolute atomic E-state index is 0.680. The predicted molar refractivity (Wildman–Crippen MR) is 104 cm³/mol. The smallest absolute Gasteiger partial charge is 0.235 e. The fourth-order valence-corrected chi connectivity index (χ4v) is 4.42. The van der Waals surface area contributed by atoms with Gasteiger partial charge in [-0.2, -0.15) is 14.7 Å². The molecule has 0 atom stereocenters. The molecule has 0 unspecified atom stereocenters. The first-order valence-electron chi connectivity index (χ1n) is 8.12. The van der Waals surface area contributed by atoms with E-state index in [1.165, 1.54) is 10.4 Å². The van der Waals surface area contributed by atoms with Crippen molar-refractivity contribution in [2.24, 2.45) is 0 Å². The Morgan fingerprint density at radius 1 is 1.12 bits per heavy atom. The van der Waals surface area contributed by atoms with E-state index in [1.807, 2.05) is 6.07 Å². The number of nitrogens with one attached hydrogen (secondary N) is 1. The lowest BCUT2D eigenvalue weighted by Crippen LogP contribution is -1.93. The minimum atomic E-state index is 0.680. The zero-order chi connectivity index (χ0) is 17.5. The Balaban J connectivity index is 1.49. The highest BCUT2D eigenvalue weighted by molar-refractivity contribution is 7.17. The van der Waals surface area contributed by atoms with Crippen molar-refractivity contribution in [3.63, 3.8) is 0 Å². The monoisotopic (exact) mass is 378 g/mol. The molecule has 5 rings (SSSR count). The summed E-state index contributed by atoms with van der Waals surface area (Å²) in [7, 11) is 0. The summed E-state index contributed by atoms with van der Waals surface area (Å²) >= 11 is 3.30. The molecule has 4 heterocycles. The molecule has 0 radical (unpaired) electrons. The molecule has 0 spiro atoms. The van der Waals surface area contributed by atoms with E-state index in [0.29, 0.717) is 5.82 Å². The number of rotatable bonds is 4. The van der Waals surface area contributed by atoms with E-state index in [9.17, 15) is 0 Å². The van der Waals surface area contributed by atoms with Crippen LogP contribution in [0.2, 0.25) is 0 Å². The van der Waals surface area contributed by atoms with Gasteiger partial charge in [0.15, 0.2) is 0 Å². The van der Waals surface area contributed by atoms with Crippen LogP contribution in [-0.4, -0.2) is 30.0 Å². The van der Waals surface area contributed by atoms with Crippen LogP contribution < -0.4 is 0 Å². The van der Waals surface area contributed by atoms with E-state index in [-0.39, 0.29) is 0 Å². The van der Waals surface area contributed by atoms with Gasteiger partial charge in [0.1, 0.15) is 10.7 Å². The van der Waals surface area contributed by atoms with Crippen molar-refractivity contribution in [1.82, 2.24) is 30.0 Å². The molecule has 0 aliphatic rings. The van der Waals surface area contributed by atoms with Gasteiger partial charge in [0.05, 0.1) is 5.69 Å². The topological polar surface area (TPSA) is 71.8 Å². The van der Waals surface area contributed by atoms with Crippen molar-refractivity contribution in [2.45, 2.75) is 13.3 Å². The Morgan fingerprint density at radius 2 is 2.00 bits per heavy atom. The lowest BCUT2D eigenvalue weighted by molar-refractivity contribution is 0.913. The first-order chi connectivity index (χ1) is 12.8. The fourth-order valence-electron chi connectivity index (χ4n) is 2.77. The highest BCUT2D eigenvalue weighted by Crippen LogP contribution is 2.26. The van der Waals surface area contributed by atoms with Gasteiger partial charge in [0.25, 0.3) is 0 Å². The van der Waals surface area contributed by atoms with Gasteiger partial charge in [-0.05, 0) is 24.4 Å². The molecule has 1 aromatic carbocycles. The van der Waals surface area contributed by atoms with Crippen LogP contribution in [0, 0.1) is 6.92 Å². The number of aryl methyl sites for hydroxylation is 1. The normalized spacial score (nSPS) is 11.4. The van der Waals surface area contributed by atoms with Gasteiger partial charge in [-0.1, -0.05) is 47.2 Å². The third-order valence-corrected chi connectivity index (χ3v) is 5.88. The Bertz CT molecular complexity index is 1160. The molecule has 8 heteroatoms. The largest absolute Gasteiger partial charge is 0.274 e. The molecular weight excluding hydrogens is 364 g/mol. The van der Waals surface area contributed by atoms with Gasteiger partial charge >= 0.3 is 0 Å². The summed E-state index contributed by atoms with van der Waals surface area (Å²) in [5.41, 5.74) is 3.98. The van der Waals surface area contributed by atoms with Crippen molar-refractivity contribution >= 4 is 27.6 Å². The summed E-state index contributed by atoms with van der Waals surface area (Å²) in [5.74, 6) is 0.680. The summed E-state index contributed by atoms with van der Waals surface area (Å²) in [5, 5.41) is 23.8. The van der Waals surface area contributed by atoms with E-state index in [2.05, 4.69) is 74.2 Å². The number of thiophene rings is 1. The average molecular weight is 378 g/mol. The Hall–Kier alpha value is -2.84. The van der Waals surface area contributed by atoms with Crippen LogP contribution in [0.15, 0.2) is 47.8 Å². The number of hydrogen-bond acceptors (Lipinski definition) is 6. The van der Waals surface area contributed by atoms with Crippen molar-refractivity contribution in [3.8, 4) is 22.8 Å². The number of aromatic amines is 1. The number of aromatic nitrogens is 6. The van der Waals surface area contributed by atoms with E-state index in [4.69, 9.17) is 0 Å². The number of benzene rings is 1. The lowest BCUT2D eigenvalue weighted by atomic mass is 10.1. The molecule has 0 aliphatic carbocycles. The molecule has 6 nitrogen and oxygen atoms in total. The Kier molecular flexibility index (Phi) is 3.65. The lowest BCUT2D eigenvalue weighted by Gasteiger charge is -1.96. The van der Waals surface area contributed by atoms with Gasteiger partial charge < -0.3 is 0 Å². The highest BCUT2D eigenvalue weighted by Gasteiger charge is 2.16. The molecule has 0 amide bonds. The van der Waals surface area contributed by atoms with Crippen molar-refractivity contribution in [2.75, 3.05) is 0 Å². The van der Waals surface area contributed by atoms with Crippen LogP contribution in [0.25, 0.3) is 27.7 Å². The second-order valence-corrected chi connectivity index (χ2v) is 8.08. The zero-order valence-corrected chi connectivity index (χ0v) is 15.5. The minimum Gasteiger partial charge on any atom is -0.274 e. The second-order valence-electron chi connectivity index (χ2n) is 6.00. The van der Waals surface area contributed by atoms with Crippen molar-refractivity contribution < 1.29 is 0 Å². The molecule has 5 aromatic rings. The quantitative estimate of drug-likeness (QED) is 0.509. The van der Waals surface area contributed by atoms with Gasteiger partial charge in [0.2, 0.25) is 10.8 Å². The van der Waals surface area contributed by atoms with Gasteiger partial charge in [-0.25, -0.2) is 0 Å². The number of hydrogen-bond donors (Lipinski definition) is 1. The van der Waals surface area contributed by atoms with Crippen molar-refractivity contribution in [3.05, 3.63) is 63.3 Å². The van der Waals surface area contributed by atoms with Crippen LogP contribution >= 0.6 is 22.7 Å². The maximum atomic E-state index is 4.69. The van der Waals surface area contributed by atoms with E-state index in [0.717, 1.165) is 33.3 Å². The maximum absolute atomic E-state index is 4.69. The van der Waals surface area contributed by atoms with Crippen LogP contribution in [0.3, 0.4) is 0 Å². The van der Waals surface area contributed by atoms with Crippen LogP contribution in [0.1, 0.15) is 15.4 Å². The summed E-state index contributed by atoms with van der Waals surface area (Å²) in [6.07, 6.45) is 0.822. The Morgan fingerprint density at radius 3 is 2.81 bits per heavy atom. The first-order valence-corrected chi connectivity index (χ1v) is 9.82. The molecule has 0 fully saturated rings. The SMILES string of the molecule is Cc1ccc(-c2cc(-c3nnc4sc(Cc5cccs5)nn34)[nH]n2)cc1. The van der Waals surface area contributed by atoms with Gasteiger partial charge in [0, 0.05) is 16.9 Å². The maximum Gasteiger partial charge on any atom is 0.235 e. The van der Waals surface area contributed by atoms with Crippen LogP contribution in [0.4, 0.5) is 0 Å². The average Bonchev–Trinajstić information content (AvgIpc) is 3.40. The van der Waals surface area contributed by atoms with Crippen LogP contribution in [0.5, 0.6) is 0 Å². The van der Waals surface area contributed by atoms with Crippen LogP contribution in [-0.2, 0) is 6.42 Å². The molecule has 0 bridgehead atoms. The third kappa shape index (κ3) is 2.73. The van der Waals surface area contributed by atoms with Gasteiger partial charge in [-0.3, -0.25) is 5.10 Å². The molecule has 1 N–H and O–H groups in total. The second kappa shape index (κ2) is 6.15. The zero-order valence-electron chi connectivity index (χ0n) is 13.9. The number of H-pyrrole nitrogens is 1. The summed E-state index contributed by atoms with van der Waals surface area (Å²) in [4.78, 5) is 2.08.